The van der Waals surface area contributed by atoms with Gasteiger partial charge in [-0.2, -0.15) is 0 Å². The molecule has 3 heteroatoms. The summed E-state index contributed by atoms with van der Waals surface area (Å²) in [5, 5.41) is 8.57. The quantitative estimate of drug-likeness (QED) is 0.349. The van der Waals surface area contributed by atoms with E-state index in [2.05, 4.69) is 53.7 Å². The van der Waals surface area contributed by atoms with Gasteiger partial charge < -0.3 is 9.47 Å². The maximum atomic E-state index is 8.57. The van der Waals surface area contributed by atoms with Crippen molar-refractivity contribution in [3.05, 3.63) is 89.5 Å². The van der Waals surface area contributed by atoms with Crippen LogP contribution in [0.5, 0.6) is 17.2 Å². The zero-order chi connectivity index (χ0) is 23.4. The van der Waals surface area contributed by atoms with Crippen molar-refractivity contribution < 1.29 is 9.47 Å². The molecule has 3 rings (SSSR count). The van der Waals surface area contributed by atoms with Crippen molar-refractivity contribution in [2.24, 2.45) is 0 Å². The molecule has 0 radical (unpaired) electrons. The number of nitrogens with one attached hydrogen (secondary N) is 1. The molecule has 0 aliphatic rings. The van der Waals surface area contributed by atoms with E-state index in [9.17, 15) is 0 Å². The summed E-state index contributed by atoms with van der Waals surface area (Å²) in [5.74, 6) is 2.40. The maximum Gasteiger partial charge on any atom is 0.127 e. The first-order chi connectivity index (χ1) is 15.1. The van der Waals surface area contributed by atoms with Gasteiger partial charge >= 0.3 is 0 Å². The Kier molecular flexibility index (Phi) is 7.08. The highest BCUT2D eigenvalue weighted by atomic mass is 16.5. The van der Waals surface area contributed by atoms with Gasteiger partial charge in [0.15, 0.2) is 0 Å². The second-order valence-corrected chi connectivity index (χ2v) is 9.50. The molecule has 0 aromatic heterocycles. The molecule has 0 bridgehead atoms. The molecular weight excluding hydrogens is 394 g/mol. The fourth-order valence-corrected chi connectivity index (χ4v) is 3.25. The fraction of sp³-hybridized carbons (Fsp3) is 0.345. The number of hydrogen-bond acceptors (Lipinski definition) is 3. The molecule has 0 unspecified atom stereocenters. The van der Waals surface area contributed by atoms with Crippen LogP contribution in [0.4, 0.5) is 0 Å². The summed E-state index contributed by atoms with van der Waals surface area (Å²) in [5.41, 5.74) is 3.46. The number of hydrogen-bond donors (Lipinski definition) is 1. The molecule has 0 spiro atoms. The number of ether oxygens (including phenoxy) is 2. The number of rotatable bonds is 9. The van der Waals surface area contributed by atoms with Gasteiger partial charge in [0.1, 0.15) is 22.8 Å². The zero-order valence-corrected chi connectivity index (χ0v) is 20.2. The Morgan fingerprint density at radius 3 is 1.53 bits per heavy atom. The smallest absolute Gasteiger partial charge is 0.127 e. The molecule has 0 heterocycles. The van der Waals surface area contributed by atoms with E-state index in [1.54, 1.807) is 0 Å². The van der Waals surface area contributed by atoms with Gasteiger partial charge in [-0.05, 0) is 98.3 Å². The molecule has 168 valence electrons. The van der Waals surface area contributed by atoms with Crippen LogP contribution in [0.1, 0.15) is 71.1 Å². The van der Waals surface area contributed by atoms with E-state index in [4.69, 9.17) is 14.9 Å². The van der Waals surface area contributed by atoms with Crippen LogP contribution in [0.3, 0.4) is 0 Å². The first-order valence-corrected chi connectivity index (χ1v) is 11.4. The Morgan fingerprint density at radius 2 is 1.09 bits per heavy atom. The summed E-state index contributed by atoms with van der Waals surface area (Å²) in [6, 6.07) is 23.7. The van der Waals surface area contributed by atoms with Crippen molar-refractivity contribution >= 4 is 5.71 Å². The summed E-state index contributed by atoms with van der Waals surface area (Å²) < 4.78 is 12.0. The Balaban J connectivity index is 1.65. The Hall–Kier alpha value is -3.07. The first kappa shape index (κ1) is 23.6. The molecule has 0 saturated carbocycles. The Labute approximate surface area is 192 Å². The Bertz CT molecular complexity index is 1030. The van der Waals surface area contributed by atoms with Crippen molar-refractivity contribution in [1.29, 1.82) is 5.41 Å². The van der Waals surface area contributed by atoms with Crippen LogP contribution in [0.25, 0.3) is 0 Å². The number of benzene rings is 3. The molecule has 0 aliphatic carbocycles. The van der Waals surface area contributed by atoms with Crippen LogP contribution in [0.15, 0.2) is 72.8 Å². The molecule has 1 N–H and O–H groups in total. The zero-order valence-electron chi connectivity index (χ0n) is 20.2. The van der Waals surface area contributed by atoms with E-state index in [1.807, 2.05) is 60.7 Å². The van der Waals surface area contributed by atoms with Crippen LogP contribution in [-0.2, 0) is 5.41 Å². The predicted octanol–water partition coefficient (Wildman–Crippen LogP) is 8.15. The second-order valence-electron chi connectivity index (χ2n) is 9.50. The highest BCUT2D eigenvalue weighted by molar-refractivity contribution is 6.10. The molecule has 0 aliphatic heterocycles. The average Bonchev–Trinajstić information content (AvgIpc) is 2.80. The summed E-state index contributed by atoms with van der Waals surface area (Å²) in [4.78, 5) is 0. The second kappa shape index (κ2) is 9.60. The van der Waals surface area contributed by atoms with E-state index >= 15 is 0 Å². The van der Waals surface area contributed by atoms with E-state index < -0.39 is 0 Å². The summed E-state index contributed by atoms with van der Waals surface area (Å²) >= 11 is 0. The molecule has 0 saturated heterocycles. The van der Waals surface area contributed by atoms with Gasteiger partial charge in [-0.25, -0.2) is 0 Å². The first-order valence-electron chi connectivity index (χ1n) is 11.4. The molecule has 32 heavy (non-hydrogen) atoms. The van der Waals surface area contributed by atoms with Crippen molar-refractivity contribution in [2.45, 2.75) is 65.4 Å². The normalized spacial score (nSPS) is 11.8. The lowest BCUT2D eigenvalue weighted by Crippen LogP contribution is -2.26. The van der Waals surface area contributed by atoms with E-state index in [0.29, 0.717) is 5.71 Å². The fourth-order valence-electron chi connectivity index (χ4n) is 3.25. The van der Waals surface area contributed by atoms with Gasteiger partial charge in [0.2, 0.25) is 0 Å². The van der Waals surface area contributed by atoms with Crippen LogP contribution in [0.2, 0.25) is 0 Å². The molecule has 0 fully saturated rings. The molecular formula is C29H35NO2. The summed E-state index contributed by atoms with van der Waals surface area (Å²) in [6.45, 7) is 13.0. The summed E-state index contributed by atoms with van der Waals surface area (Å²) in [6.07, 6.45) is 2.02. The van der Waals surface area contributed by atoms with E-state index in [-0.39, 0.29) is 11.0 Å². The van der Waals surface area contributed by atoms with Crippen molar-refractivity contribution in [1.82, 2.24) is 0 Å². The van der Waals surface area contributed by atoms with Gasteiger partial charge in [0.05, 0.1) is 5.71 Å². The monoisotopic (exact) mass is 429 g/mol. The van der Waals surface area contributed by atoms with Gasteiger partial charge in [0, 0.05) is 11.1 Å². The average molecular weight is 430 g/mol. The van der Waals surface area contributed by atoms with Crippen molar-refractivity contribution in [3.63, 3.8) is 0 Å². The van der Waals surface area contributed by atoms with Crippen molar-refractivity contribution in [2.75, 3.05) is 0 Å². The van der Waals surface area contributed by atoms with Gasteiger partial charge in [-0.3, -0.25) is 5.41 Å². The largest absolute Gasteiger partial charge is 0.488 e. The van der Waals surface area contributed by atoms with Crippen LogP contribution in [0, 0.1) is 5.41 Å². The van der Waals surface area contributed by atoms with E-state index in [0.717, 1.165) is 41.2 Å². The SMILES string of the molecule is CCC(C)(C)Oc1ccc(C(=N)c2ccc(Oc3ccc(C(C)(C)CC)cc3)cc2)cc1. The van der Waals surface area contributed by atoms with Crippen LogP contribution in [-0.4, -0.2) is 11.3 Å². The van der Waals surface area contributed by atoms with Crippen LogP contribution >= 0.6 is 0 Å². The predicted molar refractivity (Wildman–Crippen MR) is 134 cm³/mol. The van der Waals surface area contributed by atoms with Crippen molar-refractivity contribution in [3.8, 4) is 17.2 Å². The molecule has 3 nitrogen and oxygen atoms in total. The minimum Gasteiger partial charge on any atom is -0.488 e. The third-order valence-electron chi connectivity index (χ3n) is 6.29. The van der Waals surface area contributed by atoms with Gasteiger partial charge in [-0.1, -0.05) is 39.8 Å². The maximum absolute atomic E-state index is 8.57. The highest BCUT2D eigenvalue weighted by Crippen LogP contribution is 2.30. The van der Waals surface area contributed by atoms with Gasteiger partial charge in [0.25, 0.3) is 0 Å². The standard InChI is InChI=1S/C29H35NO2/c1-7-28(3,4)23-13-19-25(20-14-23)31-24-15-9-21(10-16-24)27(30)22-11-17-26(18-12-22)32-29(5,6)8-2/h9-20,30H,7-8H2,1-6H3. The molecule has 3 aromatic rings. The van der Waals surface area contributed by atoms with Crippen LogP contribution < -0.4 is 9.47 Å². The lowest BCUT2D eigenvalue weighted by molar-refractivity contribution is 0.105. The molecule has 0 atom stereocenters. The minimum absolute atomic E-state index is 0.164. The molecule has 3 aromatic carbocycles. The highest BCUT2D eigenvalue weighted by Gasteiger charge is 2.18. The summed E-state index contributed by atoms with van der Waals surface area (Å²) in [7, 11) is 0. The molecule has 0 amide bonds. The lowest BCUT2D eigenvalue weighted by Gasteiger charge is -2.24. The minimum atomic E-state index is -0.197. The lowest BCUT2D eigenvalue weighted by atomic mass is 9.82. The topological polar surface area (TPSA) is 42.3 Å². The van der Waals surface area contributed by atoms with Gasteiger partial charge in [-0.15, -0.1) is 0 Å². The Morgan fingerprint density at radius 1 is 0.656 bits per heavy atom. The third kappa shape index (κ3) is 5.79. The van der Waals surface area contributed by atoms with E-state index in [1.165, 1.54) is 5.56 Å². The third-order valence-corrected chi connectivity index (χ3v) is 6.29.